The third kappa shape index (κ3) is 3.49. The van der Waals surface area contributed by atoms with Crippen LogP contribution in [0.3, 0.4) is 0 Å². The molecule has 0 unspecified atom stereocenters. The molecule has 0 atom stereocenters. The molecule has 0 saturated heterocycles. The lowest BCUT2D eigenvalue weighted by molar-refractivity contribution is 0.601. The van der Waals surface area contributed by atoms with Crippen molar-refractivity contribution < 1.29 is 8.42 Å². The van der Waals surface area contributed by atoms with Gasteiger partial charge in [-0.15, -0.1) is 0 Å². The first-order valence-electron chi connectivity index (χ1n) is 7.71. The van der Waals surface area contributed by atoms with Crippen LogP contribution in [0.25, 0.3) is 11.1 Å². The zero-order valence-electron chi connectivity index (χ0n) is 13.7. The highest BCUT2D eigenvalue weighted by molar-refractivity contribution is 7.92. The molecule has 0 spiro atoms. The lowest BCUT2D eigenvalue weighted by atomic mass is 10.0. The zero-order valence-corrected chi connectivity index (χ0v) is 14.5. The number of benzene rings is 3. The molecular weight excluding hydrogens is 318 g/mol. The van der Waals surface area contributed by atoms with Crippen molar-refractivity contribution in [3.8, 4) is 11.1 Å². The second-order valence-electron chi connectivity index (χ2n) is 5.83. The van der Waals surface area contributed by atoms with Crippen LogP contribution < -0.4 is 4.72 Å². The maximum Gasteiger partial charge on any atom is 0.261 e. The van der Waals surface area contributed by atoms with Crippen molar-refractivity contribution in [2.45, 2.75) is 18.7 Å². The van der Waals surface area contributed by atoms with E-state index in [0.717, 1.165) is 22.3 Å². The average molecular weight is 337 g/mol. The Bertz CT molecular complexity index is 961. The van der Waals surface area contributed by atoms with E-state index in [4.69, 9.17) is 0 Å². The number of aryl methyl sites for hydroxylation is 2. The minimum absolute atomic E-state index is 0.257. The standard InChI is InChI=1S/C20H19NO2S/c1-15-10-12-18(13-11-15)24(22,23)21-20-9-4-3-8-19(20)17-7-5-6-16(2)14-17/h3-14,21H,1-2H3. The quantitative estimate of drug-likeness (QED) is 0.745. The van der Waals surface area contributed by atoms with E-state index in [1.54, 1.807) is 30.3 Å². The largest absolute Gasteiger partial charge is 0.279 e. The number of nitrogens with one attached hydrogen (secondary N) is 1. The minimum Gasteiger partial charge on any atom is -0.279 e. The summed E-state index contributed by atoms with van der Waals surface area (Å²) < 4.78 is 28.0. The van der Waals surface area contributed by atoms with E-state index >= 15 is 0 Å². The van der Waals surface area contributed by atoms with Gasteiger partial charge in [0.2, 0.25) is 0 Å². The fourth-order valence-corrected chi connectivity index (χ4v) is 3.64. The van der Waals surface area contributed by atoms with Gasteiger partial charge in [-0.3, -0.25) is 4.72 Å². The van der Waals surface area contributed by atoms with Gasteiger partial charge in [0, 0.05) is 5.56 Å². The minimum atomic E-state index is -3.62. The first-order valence-corrected chi connectivity index (χ1v) is 9.19. The molecule has 122 valence electrons. The Hall–Kier alpha value is -2.59. The van der Waals surface area contributed by atoms with Crippen LogP contribution in [0.5, 0.6) is 0 Å². The number of hydrogen-bond donors (Lipinski definition) is 1. The molecule has 24 heavy (non-hydrogen) atoms. The zero-order chi connectivity index (χ0) is 17.2. The Labute approximate surface area is 143 Å². The lowest BCUT2D eigenvalue weighted by Gasteiger charge is -2.13. The van der Waals surface area contributed by atoms with Crippen LogP contribution in [0.15, 0.2) is 77.7 Å². The van der Waals surface area contributed by atoms with Crippen LogP contribution in [0, 0.1) is 13.8 Å². The number of hydrogen-bond acceptors (Lipinski definition) is 2. The fourth-order valence-electron chi connectivity index (χ4n) is 2.56. The topological polar surface area (TPSA) is 46.2 Å². The summed E-state index contributed by atoms with van der Waals surface area (Å²) >= 11 is 0. The van der Waals surface area contributed by atoms with Gasteiger partial charge in [0.05, 0.1) is 10.6 Å². The van der Waals surface area contributed by atoms with Crippen molar-refractivity contribution in [2.24, 2.45) is 0 Å². The second kappa shape index (κ2) is 6.49. The third-order valence-corrected chi connectivity index (χ3v) is 5.21. The van der Waals surface area contributed by atoms with Gasteiger partial charge < -0.3 is 0 Å². The van der Waals surface area contributed by atoms with E-state index in [0.29, 0.717) is 5.69 Å². The molecule has 0 saturated carbocycles. The van der Waals surface area contributed by atoms with Crippen molar-refractivity contribution in [1.29, 1.82) is 0 Å². The molecule has 0 aliphatic carbocycles. The highest BCUT2D eigenvalue weighted by atomic mass is 32.2. The van der Waals surface area contributed by atoms with Gasteiger partial charge in [-0.05, 0) is 37.6 Å². The fraction of sp³-hybridized carbons (Fsp3) is 0.100. The monoisotopic (exact) mass is 337 g/mol. The van der Waals surface area contributed by atoms with Gasteiger partial charge in [0.25, 0.3) is 10.0 Å². The summed E-state index contributed by atoms with van der Waals surface area (Å²) in [4.78, 5) is 0.257. The molecule has 0 aliphatic heterocycles. The summed E-state index contributed by atoms with van der Waals surface area (Å²) in [6.07, 6.45) is 0. The van der Waals surface area contributed by atoms with Crippen LogP contribution in [0.2, 0.25) is 0 Å². The second-order valence-corrected chi connectivity index (χ2v) is 7.52. The maximum atomic E-state index is 12.7. The van der Waals surface area contributed by atoms with Gasteiger partial charge in [-0.25, -0.2) is 8.42 Å². The van der Waals surface area contributed by atoms with Crippen molar-refractivity contribution in [2.75, 3.05) is 4.72 Å². The summed E-state index contributed by atoms with van der Waals surface area (Å²) in [6.45, 7) is 3.94. The van der Waals surface area contributed by atoms with Gasteiger partial charge >= 0.3 is 0 Å². The Morgan fingerprint density at radius 1 is 0.750 bits per heavy atom. The van der Waals surface area contributed by atoms with Crippen LogP contribution in [0.4, 0.5) is 5.69 Å². The first kappa shape index (κ1) is 16.3. The molecule has 0 heterocycles. The van der Waals surface area contributed by atoms with E-state index in [1.165, 1.54) is 0 Å². The molecule has 1 N–H and O–H groups in total. The Kier molecular flexibility index (Phi) is 4.40. The van der Waals surface area contributed by atoms with Crippen molar-refractivity contribution in [1.82, 2.24) is 0 Å². The molecule has 0 bridgehead atoms. The van der Waals surface area contributed by atoms with Crippen molar-refractivity contribution in [3.05, 3.63) is 83.9 Å². The van der Waals surface area contributed by atoms with Gasteiger partial charge in [-0.2, -0.15) is 0 Å². The molecule has 0 aliphatic rings. The number of anilines is 1. The van der Waals surface area contributed by atoms with Gasteiger partial charge in [-0.1, -0.05) is 65.7 Å². The van der Waals surface area contributed by atoms with Crippen molar-refractivity contribution >= 4 is 15.7 Å². The van der Waals surface area contributed by atoms with Gasteiger partial charge in [0.15, 0.2) is 0 Å². The molecule has 0 radical (unpaired) electrons. The van der Waals surface area contributed by atoms with E-state index in [1.807, 2.05) is 56.3 Å². The van der Waals surface area contributed by atoms with E-state index in [-0.39, 0.29) is 4.90 Å². The summed E-state index contributed by atoms with van der Waals surface area (Å²) in [6, 6.07) is 22.3. The van der Waals surface area contributed by atoms with Crippen LogP contribution in [0.1, 0.15) is 11.1 Å². The highest BCUT2D eigenvalue weighted by Gasteiger charge is 2.16. The number of sulfonamides is 1. The summed E-state index contributed by atoms with van der Waals surface area (Å²) in [5, 5.41) is 0. The predicted octanol–water partition coefficient (Wildman–Crippen LogP) is 4.77. The molecule has 3 aromatic rings. The van der Waals surface area contributed by atoms with Gasteiger partial charge in [0.1, 0.15) is 0 Å². The Morgan fingerprint density at radius 3 is 2.17 bits per heavy atom. The maximum absolute atomic E-state index is 12.7. The lowest BCUT2D eigenvalue weighted by Crippen LogP contribution is -2.13. The molecular formula is C20H19NO2S. The molecule has 0 fully saturated rings. The number of rotatable bonds is 4. The van der Waals surface area contributed by atoms with E-state index < -0.39 is 10.0 Å². The van der Waals surface area contributed by atoms with E-state index in [2.05, 4.69) is 4.72 Å². The van der Waals surface area contributed by atoms with Crippen molar-refractivity contribution in [3.63, 3.8) is 0 Å². The average Bonchev–Trinajstić information content (AvgIpc) is 2.55. The Balaban J connectivity index is 2.00. The first-order chi connectivity index (χ1) is 11.5. The summed E-state index contributed by atoms with van der Waals surface area (Å²) in [5.74, 6) is 0. The molecule has 0 amide bonds. The smallest absolute Gasteiger partial charge is 0.261 e. The molecule has 4 heteroatoms. The molecule has 3 aromatic carbocycles. The molecule has 3 rings (SSSR count). The van der Waals surface area contributed by atoms with Crippen LogP contribution in [-0.4, -0.2) is 8.42 Å². The Morgan fingerprint density at radius 2 is 1.46 bits per heavy atom. The summed E-state index contributed by atoms with van der Waals surface area (Å²) in [7, 11) is -3.62. The number of para-hydroxylation sites is 1. The SMILES string of the molecule is Cc1ccc(S(=O)(=O)Nc2ccccc2-c2cccc(C)c2)cc1. The van der Waals surface area contributed by atoms with Crippen LogP contribution in [-0.2, 0) is 10.0 Å². The molecule has 0 aromatic heterocycles. The predicted molar refractivity (Wildman–Crippen MR) is 98.6 cm³/mol. The normalized spacial score (nSPS) is 11.2. The highest BCUT2D eigenvalue weighted by Crippen LogP contribution is 2.30. The van der Waals surface area contributed by atoms with E-state index in [9.17, 15) is 8.42 Å². The molecule has 3 nitrogen and oxygen atoms in total. The summed E-state index contributed by atoms with van der Waals surface area (Å²) in [5.41, 5.74) is 4.57. The third-order valence-electron chi connectivity index (χ3n) is 3.83. The van der Waals surface area contributed by atoms with Crippen LogP contribution >= 0.6 is 0 Å².